The van der Waals surface area contributed by atoms with E-state index in [4.69, 9.17) is 4.42 Å². The molecule has 0 unspecified atom stereocenters. The zero-order valence-electron chi connectivity index (χ0n) is 13.3. The SMILES string of the molecule is Cc1cccc2cc(C(=O)N[C@H](C)c3ccc(F)cc3)c(=O)oc12. The summed E-state index contributed by atoms with van der Waals surface area (Å²) in [4.78, 5) is 24.5. The van der Waals surface area contributed by atoms with Crippen molar-refractivity contribution in [3.63, 3.8) is 0 Å². The Labute approximate surface area is 137 Å². The Kier molecular flexibility index (Phi) is 4.16. The maximum atomic E-state index is 13.0. The summed E-state index contributed by atoms with van der Waals surface area (Å²) in [5.41, 5.74) is 1.32. The second kappa shape index (κ2) is 6.28. The normalized spacial score (nSPS) is 12.1. The molecule has 0 fully saturated rings. The van der Waals surface area contributed by atoms with Gasteiger partial charge in [0, 0.05) is 5.39 Å². The summed E-state index contributed by atoms with van der Waals surface area (Å²) in [6.07, 6.45) is 0. The Morgan fingerprint density at radius 3 is 2.58 bits per heavy atom. The molecule has 2 aromatic carbocycles. The number of rotatable bonds is 3. The summed E-state index contributed by atoms with van der Waals surface area (Å²) in [6.45, 7) is 3.60. The van der Waals surface area contributed by atoms with Gasteiger partial charge in [0.15, 0.2) is 0 Å². The van der Waals surface area contributed by atoms with Crippen molar-refractivity contribution in [1.29, 1.82) is 0 Å². The first-order valence-corrected chi connectivity index (χ1v) is 7.55. The lowest BCUT2D eigenvalue weighted by molar-refractivity contribution is 0.0936. The van der Waals surface area contributed by atoms with Crippen LogP contribution in [0.15, 0.2) is 57.7 Å². The fourth-order valence-corrected chi connectivity index (χ4v) is 2.56. The molecule has 4 nitrogen and oxygen atoms in total. The topological polar surface area (TPSA) is 59.3 Å². The van der Waals surface area contributed by atoms with Crippen LogP contribution in [0.3, 0.4) is 0 Å². The molecule has 1 aromatic heterocycles. The second-order valence-corrected chi connectivity index (χ2v) is 5.69. The first kappa shape index (κ1) is 15.9. The number of nitrogens with one attached hydrogen (secondary N) is 1. The quantitative estimate of drug-likeness (QED) is 0.746. The molecule has 3 aromatic rings. The number of hydrogen-bond acceptors (Lipinski definition) is 3. The molecule has 3 rings (SSSR count). The molecular weight excluding hydrogens is 309 g/mol. The summed E-state index contributed by atoms with van der Waals surface area (Å²) < 4.78 is 18.3. The molecule has 0 aliphatic heterocycles. The van der Waals surface area contributed by atoms with Gasteiger partial charge in [-0.2, -0.15) is 0 Å². The lowest BCUT2D eigenvalue weighted by Gasteiger charge is -2.14. The number of carbonyl (C=O) groups is 1. The van der Waals surface area contributed by atoms with E-state index >= 15 is 0 Å². The van der Waals surface area contributed by atoms with Crippen molar-refractivity contribution < 1.29 is 13.6 Å². The third kappa shape index (κ3) is 3.06. The zero-order chi connectivity index (χ0) is 17.3. The fourth-order valence-electron chi connectivity index (χ4n) is 2.56. The van der Waals surface area contributed by atoms with Gasteiger partial charge < -0.3 is 9.73 Å². The number of amides is 1. The van der Waals surface area contributed by atoms with Gasteiger partial charge in [0.05, 0.1) is 6.04 Å². The summed E-state index contributed by atoms with van der Waals surface area (Å²) >= 11 is 0. The molecule has 122 valence electrons. The van der Waals surface area contributed by atoms with Crippen molar-refractivity contribution in [3.05, 3.63) is 81.5 Å². The van der Waals surface area contributed by atoms with Crippen molar-refractivity contribution in [1.82, 2.24) is 5.32 Å². The largest absolute Gasteiger partial charge is 0.422 e. The van der Waals surface area contributed by atoms with Gasteiger partial charge >= 0.3 is 5.63 Å². The number of para-hydroxylation sites is 1. The predicted molar refractivity (Wildman–Crippen MR) is 89.5 cm³/mol. The highest BCUT2D eigenvalue weighted by molar-refractivity contribution is 5.97. The van der Waals surface area contributed by atoms with Crippen LogP contribution in [-0.4, -0.2) is 5.91 Å². The highest BCUT2D eigenvalue weighted by Crippen LogP contribution is 2.18. The molecule has 0 saturated heterocycles. The summed E-state index contributed by atoms with van der Waals surface area (Å²) in [6, 6.07) is 12.4. The van der Waals surface area contributed by atoms with E-state index in [-0.39, 0.29) is 17.4 Å². The average Bonchev–Trinajstić information content (AvgIpc) is 2.55. The van der Waals surface area contributed by atoms with Gasteiger partial charge in [0.25, 0.3) is 5.91 Å². The van der Waals surface area contributed by atoms with Crippen LogP contribution in [0.2, 0.25) is 0 Å². The molecule has 0 aliphatic rings. The molecule has 5 heteroatoms. The van der Waals surface area contributed by atoms with Gasteiger partial charge in [-0.25, -0.2) is 9.18 Å². The predicted octanol–water partition coefficient (Wildman–Crippen LogP) is 3.73. The minimum absolute atomic E-state index is 0.0536. The monoisotopic (exact) mass is 325 g/mol. The van der Waals surface area contributed by atoms with E-state index < -0.39 is 11.5 Å². The molecule has 1 N–H and O–H groups in total. The van der Waals surface area contributed by atoms with Crippen molar-refractivity contribution in [2.45, 2.75) is 19.9 Å². The van der Waals surface area contributed by atoms with E-state index in [2.05, 4.69) is 5.32 Å². The molecule has 0 aliphatic carbocycles. The highest BCUT2D eigenvalue weighted by atomic mass is 19.1. The van der Waals surface area contributed by atoms with Crippen LogP contribution in [0.5, 0.6) is 0 Å². The van der Waals surface area contributed by atoms with Gasteiger partial charge in [-0.05, 0) is 43.2 Å². The molecule has 24 heavy (non-hydrogen) atoms. The highest BCUT2D eigenvalue weighted by Gasteiger charge is 2.17. The molecule has 0 saturated carbocycles. The molecule has 1 atom stereocenters. The minimum Gasteiger partial charge on any atom is -0.422 e. The smallest absolute Gasteiger partial charge is 0.349 e. The average molecular weight is 325 g/mol. The maximum absolute atomic E-state index is 13.0. The number of carbonyl (C=O) groups excluding carboxylic acids is 1. The van der Waals surface area contributed by atoms with Crippen LogP contribution in [0, 0.1) is 12.7 Å². The van der Waals surface area contributed by atoms with Gasteiger partial charge in [0.1, 0.15) is 17.0 Å². The van der Waals surface area contributed by atoms with Crippen molar-refractivity contribution in [3.8, 4) is 0 Å². The third-order valence-electron chi connectivity index (χ3n) is 3.92. The Bertz CT molecular complexity index is 961. The van der Waals surface area contributed by atoms with Crippen LogP contribution in [0.1, 0.15) is 34.5 Å². The molecular formula is C19H16FNO3. The first-order valence-electron chi connectivity index (χ1n) is 7.55. The Morgan fingerprint density at radius 2 is 1.88 bits per heavy atom. The van der Waals surface area contributed by atoms with Crippen LogP contribution in [-0.2, 0) is 0 Å². The van der Waals surface area contributed by atoms with Gasteiger partial charge in [-0.1, -0.05) is 30.3 Å². The summed E-state index contributed by atoms with van der Waals surface area (Å²) in [5.74, 6) is -0.869. The van der Waals surface area contributed by atoms with E-state index in [1.54, 1.807) is 25.1 Å². The first-order chi connectivity index (χ1) is 11.5. The summed E-state index contributed by atoms with van der Waals surface area (Å²) in [5, 5.41) is 3.42. The lowest BCUT2D eigenvalue weighted by Crippen LogP contribution is -2.30. The molecule has 1 heterocycles. The van der Waals surface area contributed by atoms with Gasteiger partial charge in [-0.3, -0.25) is 4.79 Å². The van der Waals surface area contributed by atoms with Gasteiger partial charge in [0.2, 0.25) is 0 Å². The second-order valence-electron chi connectivity index (χ2n) is 5.69. The maximum Gasteiger partial charge on any atom is 0.349 e. The standard InChI is InChI=1S/C19H16FNO3/c1-11-4-3-5-14-10-16(19(23)24-17(11)14)18(22)21-12(2)13-6-8-15(20)9-7-13/h3-10,12H,1-2H3,(H,21,22)/t12-/m1/s1. The fraction of sp³-hybridized carbons (Fsp3) is 0.158. The zero-order valence-corrected chi connectivity index (χ0v) is 13.3. The van der Waals surface area contributed by atoms with Crippen molar-refractivity contribution in [2.24, 2.45) is 0 Å². The van der Waals surface area contributed by atoms with E-state index in [1.165, 1.54) is 18.2 Å². The minimum atomic E-state index is -0.680. The number of aryl methyl sites for hydroxylation is 1. The lowest BCUT2D eigenvalue weighted by atomic mass is 10.1. The van der Waals surface area contributed by atoms with E-state index in [0.717, 1.165) is 11.1 Å². The van der Waals surface area contributed by atoms with Crippen LogP contribution < -0.4 is 10.9 Å². The van der Waals surface area contributed by atoms with Crippen LogP contribution >= 0.6 is 0 Å². The summed E-state index contributed by atoms with van der Waals surface area (Å²) in [7, 11) is 0. The molecule has 1 amide bonds. The van der Waals surface area contributed by atoms with Crippen LogP contribution in [0.25, 0.3) is 11.0 Å². The number of halogens is 1. The van der Waals surface area contributed by atoms with Crippen LogP contribution in [0.4, 0.5) is 4.39 Å². The van der Waals surface area contributed by atoms with Crippen molar-refractivity contribution >= 4 is 16.9 Å². The van der Waals surface area contributed by atoms with Crippen molar-refractivity contribution in [2.75, 3.05) is 0 Å². The van der Waals surface area contributed by atoms with E-state index in [9.17, 15) is 14.0 Å². The number of benzene rings is 2. The van der Waals surface area contributed by atoms with E-state index in [0.29, 0.717) is 11.0 Å². The molecule has 0 spiro atoms. The Morgan fingerprint density at radius 1 is 1.17 bits per heavy atom. The molecule has 0 bridgehead atoms. The number of hydrogen-bond donors (Lipinski definition) is 1. The van der Waals surface area contributed by atoms with E-state index in [1.807, 2.05) is 19.1 Å². The Hall–Kier alpha value is -2.95. The Balaban J connectivity index is 1.90. The van der Waals surface area contributed by atoms with Gasteiger partial charge in [-0.15, -0.1) is 0 Å². The molecule has 0 radical (unpaired) electrons. The number of fused-ring (bicyclic) bond motifs is 1. The third-order valence-corrected chi connectivity index (χ3v) is 3.92.